The first-order valence-corrected chi connectivity index (χ1v) is 7.33. The van der Waals surface area contributed by atoms with Gasteiger partial charge in [-0.2, -0.15) is 0 Å². The van der Waals surface area contributed by atoms with Crippen LogP contribution in [0.25, 0.3) is 0 Å². The fourth-order valence-electron chi connectivity index (χ4n) is 2.22. The van der Waals surface area contributed by atoms with Gasteiger partial charge in [-0.05, 0) is 43.5 Å². The normalized spacial score (nSPS) is 16.1. The maximum absolute atomic E-state index is 12.3. The number of nitrogens with two attached hydrogens (primary N) is 1. The number of ether oxygens (including phenoxy) is 1. The number of thiocarbonyl (C=S) groups is 1. The molecule has 0 saturated heterocycles. The Morgan fingerprint density at radius 1 is 1.40 bits per heavy atom. The highest BCUT2D eigenvalue weighted by molar-refractivity contribution is 7.80. The number of anilines is 1. The van der Waals surface area contributed by atoms with Crippen molar-refractivity contribution in [2.45, 2.75) is 32.6 Å². The maximum Gasteiger partial charge on any atom is 0.237 e. The standard InChI is InChI=1S/C15H20N2O2S/c1-2-10-19-12-6-4-11(5-7-12)17-14(18)15(13(16)20)8-3-9-15/h4-7H,2-3,8-10H2,1H3,(H2,16,20)(H,17,18). The lowest BCUT2D eigenvalue weighted by Gasteiger charge is -2.39. The smallest absolute Gasteiger partial charge is 0.237 e. The SMILES string of the molecule is CCCOc1ccc(NC(=O)C2(C(N)=S)CCC2)cc1. The number of carbonyl (C=O) groups is 1. The zero-order valence-electron chi connectivity index (χ0n) is 11.6. The number of benzene rings is 1. The van der Waals surface area contributed by atoms with Crippen LogP contribution in [-0.4, -0.2) is 17.5 Å². The monoisotopic (exact) mass is 292 g/mol. The van der Waals surface area contributed by atoms with Crippen LogP contribution in [0, 0.1) is 5.41 Å². The minimum Gasteiger partial charge on any atom is -0.494 e. The Morgan fingerprint density at radius 2 is 2.05 bits per heavy atom. The molecule has 0 heterocycles. The topological polar surface area (TPSA) is 64.3 Å². The summed E-state index contributed by atoms with van der Waals surface area (Å²) < 4.78 is 5.50. The molecule has 1 fully saturated rings. The Balaban J connectivity index is 1.99. The van der Waals surface area contributed by atoms with Crippen molar-refractivity contribution in [1.29, 1.82) is 0 Å². The van der Waals surface area contributed by atoms with Crippen LogP contribution >= 0.6 is 12.2 Å². The summed E-state index contributed by atoms with van der Waals surface area (Å²) >= 11 is 5.04. The number of nitrogens with one attached hydrogen (secondary N) is 1. The fraction of sp³-hybridized carbons (Fsp3) is 0.467. The highest BCUT2D eigenvalue weighted by atomic mass is 32.1. The van der Waals surface area contributed by atoms with Gasteiger partial charge in [0, 0.05) is 5.69 Å². The molecule has 1 aromatic carbocycles. The van der Waals surface area contributed by atoms with Crippen molar-refractivity contribution in [1.82, 2.24) is 0 Å². The first-order chi connectivity index (χ1) is 9.58. The zero-order chi connectivity index (χ0) is 14.6. The van der Waals surface area contributed by atoms with E-state index in [0.29, 0.717) is 11.6 Å². The molecule has 0 aromatic heterocycles. The largest absolute Gasteiger partial charge is 0.494 e. The number of hydrogen-bond donors (Lipinski definition) is 2. The van der Waals surface area contributed by atoms with Crippen molar-refractivity contribution in [2.75, 3.05) is 11.9 Å². The number of amides is 1. The third-order valence-corrected chi connectivity index (χ3v) is 4.09. The molecule has 2 rings (SSSR count). The van der Waals surface area contributed by atoms with Gasteiger partial charge in [-0.15, -0.1) is 0 Å². The Morgan fingerprint density at radius 3 is 2.50 bits per heavy atom. The van der Waals surface area contributed by atoms with Crippen LogP contribution in [0.2, 0.25) is 0 Å². The third-order valence-electron chi connectivity index (χ3n) is 3.70. The molecular weight excluding hydrogens is 272 g/mol. The maximum atomic E-state index is 12.3. The molecule has 0 atom stereocenters. The van der Waals surface area contributed by atoms with Crippen molar-refractivity contribution >= 4 is 28.8 Å². The van der Waals surface area contributed by atoms with E-state index in [1.807, 2.05) is 24.3 Å². The van der Waals surface area contributed by atoms with Crippen LogP contribution in [0.15, 0.2) is 24.3 Å². The van der Waals surface area contributed by atoms with E-state index in [0.717, 1.165) is 37.1 Å². The van der Waals surface area contributed by atoms with E-state index in [2.05, 4.69) is 12.2 Å². The van der Waals surface area contributed by atoms with Crippen molar-refractivity contribution in [3.05, 3.63) is 24.3 Å². The second kappa shape index (κ2) is 6.22. The van der Waals surface area contributed by atoms with E-state index in [1.54, 1.807) is 0 Å². The number of rotatable bonds is 6. The van der Waals surface area contributed by atoms with Gasteiger partial charge in [0.2, 0.25) is 5.91 Å². The zero-order valence-corrected chi connectivity index (χ0v) is 12.5. The highest BCUT2D eigenvalue weighted by Crippen LogP contribution is 2.42. The predicted octanol–water partition coefficient (Wildman–Crippen LogP) is 2.87. The van der Waals surface area contributed by atoms with Crippen LogP contribution in [-0.2, 0) is 4.79 Å². The van der Waals surface area contributed by atoms with Crippen LogP contribution < -0.4 is 15.8 Å². The molecular formula is C15H20N2O2S. The number of hydrogen-bond acceptors (Lipinski definition) is 3. The molecule has 4 nitrogen and oxygen atoms in total. The summed E-state index contributed by atoms with van der Waals surface area (Å²) in [5, 5.41) is 2.89. The molecule has 1 aliphatic carbocycles. The molecule has 0 bridgehead atoms. The van der Waals surface area contributed by atoms with Crippen molar-refractivity contribution in [3.63, 3.8) is 0 Å². The highest BCUT2D eigenvalue weighted by Gasteiger charge is 2.46. The van der Waals surface area contributed by atoms with Crippen LogP contribution in [0.4, 0.5) is 5.69 Å². The molecule has 0 unspecified atom stereocenters. The van der Waals surface area contributed by atoms with Crippen LogP contribution in [0.5, 0.6) is 5.75 Å². The Kier molecular flexibility index (Phi) is 4.60. The van der Waals surface area contributed by atoms with Crippen LogP contribution in [0.3, 0.4) is 0 Å². The summed E-state index contributed by atoms with van der Waals surface area (Å²) in [6.45, 7) is 2.75. The first kappa shape index (κ1) is 14.8. The summed E-state index contributed by atoms with van der Waals surface area (Å²) in [6.07, 6.45) is 3.45. The summed E-state index contributed by atoms with van der Waals surface area (Å²) in [7, 11) is 0. The van der Waals surface area contributed by atoms with Gasteiger partial charge < -0.3 is 15.8 Å². The molecule has 3 N–H and O–H groups in total. The average Bonchev–Trinajstić information content (AvgIpc) is 2.36. The van der Waals surface area contributed by atoms with Gasteiger partial charge >= 0.3 is 0 Å². The third kappa shape index (κ3) is 2.93. The van der Waals surface area contributed by atoms with Gasteiger partial charge in [-0.3, -0.25) is 4.79 Å². The minimum atomic E-state index is -0.646. The van der Waals surface area contributed by atoms with E-state index < -0.39 is 5.41 Å². The van der Waals surface area contributed by atoms with Gasteiger partial charge in [0.1, 0.15) is 5.75 Å². The summed E-state index contributed by atoms with van der Waals surface area (Å²) in [5.41, 5.74) is 5.81. The van der Waals surface area contributed by atoms with Gasteiger partial charge in [-0.1, -0.05) is 25.6 Å². The van der Waals surface area contributed by atoms with Gasteiger partial charge in [-0.25, -0.2) is 0 Å². The summed E-state index contributed by atoms with van der Waals surface area (Å²) in [4.78, 5) is 12.6. The van der Waals surface area contributed by atoms with E-state index in [-0.39, 0.29) is 5.91 Å². The summed E-state index contributed by atoms with van der Waals surface area (Å²) in [5.74, 6) is 0.705. The second-order valence-corrected chi connectivity index (χ2v) is 5.57. The van der Waals surface area contributed by atoms with E-state index in [9.17, 15) is 4.79 Å². The Bertz CT molecular complexity index is 495. The lowest BCUT2D eigenvalue weighted by atomic mass is 9.68. The quantitative estimate of drug-likeness (QED) is 0.791. The van der Waals surface area contributed by atoms with Crippen molar-refractivity contribution < 1.29 is 9.53 Å². The Labute approximate surface area is 124 Å². The lowest BCUT2D eigenvalue weighted by molar-refractivity contribution is -0.125. The van der Waals surface area contributed by atoms with E-state index in [4.69, 9.17) is 22.7 Å². The molecule has 5 heteroatoms. The molecule has 20 heavy (non-hydrogen) atoms. The molecule has 1 aromatic rings. The molecule has 1 saturated carbocycles. The first-order valence-electron chi connectivity index (χ1n) is 6.93. The van der Waals surface area contributed by atoms with E-state index >= 15 is 0 Å². The molecule has 1 aliphatic rings. The lowest BCUT2D eigenvalue weighted by Crippen LogP contribution is -2.50. The molecule has 108 valence electrons. The molecule has 0 radical (unpaired) electrons. The molecule has 0 spiro atoms. The number of carbonyl (C=O) groups excluding carboxylic acids is 1. The molecule has 1 amide bonds. The van der Waals surface area contributed by atoms with Crippen LogP contribution in [0.1, 0.15) is 32.6 Å². The predicted molar refractivity (Wildman–Crippen MR) is 83.9 cm³/mol. The van der Waals surface area contributed by atoms with Crippen molar-refractivity contribution in [2.24, 2.45) is 11.1 Å². The average molecular weight is 292 g/mol. The van der Waals surface area contributed by atoms with Gasteiger partial charge in [0.15, 0.2) is 0 Å². The minimum absolute atomic E-state index is 0.0986. The van der Waals surface area contributed by atoms with Gasteiger partial charge in [0.25, 0.3) is 0 Å². The summed E-state index contributed by atoms with van der Waals surface area (Å²) in [6, 6.07) is 7.35. The van der Waals surface area contributed by atoms with Crippen molar-refractivity contribution in [3.8, 4) is 5.75 Å². The Hall–Kier alpha value is -1.62. The van der Waals surface area contributed by atoms with E-state index in [1.165, 1.54) is 0 Å². The second-order valence-electron chi connectivity index (χ2n) is 5.13. The van der Waals surface area contributed by atoms with Gasteiger partial charge in [0.05, 0.1) is 17.0 Å². The fourth-order valence-corrected chi connectivity index (χ4v) is 2.52. The molecule has 0 aliphatic heterocycles.